The van der Waals surface area contributed by atoms with E-state index in [1.807, 2.05) is 0 Å². The number of hydrogen-bond acceptors (Lipinski definition) is 5. The van der Waals surface area contributed by atoms with Crippen LogP contribution < -0.4 is 3.71 Å². The molecule has 0 fully saturated rings. The Bertz CT molecular complexity index is 2270. The van der Waals surface area contributed by atoms with E-state index in [-0.39, 0.29) is 26.9 Å². The van der Waals surface area contributed by atoms with Crippen molar-refractivity contribution in [2.24, 2.45) is 0 Å². The van der Waals surface area contributed by atoms with Crippen LogP contribution in [0, 0.1) is 0 Å². The van der Waals surface area contributed by atoms with Crippen LogP contribution in [0.15, 0.2) is 137 Å². The lowest BCUT2D eigenvalue weighted by molar-refractivity contribution is -0.138. The number of alkyl halides is 6. The van der Waals surface area contributed by atoms with E-state index >= 15 is 0 Å². The van der Waals surface area contributed by atoms with E-state index in [1.165, 1.54) is 6.07 Å². The number of sulfonamides is 2. The Morgan fingerprint density at radius 1 is 0.562 bits per heavy atom. The number of imidazole rings is 1. The molecule has 0 aliphatic carbocycles. The summed E-state index contributed by atoms with van der Waals surface area (Å²) in [6.07, 6.45) is -9.99. The van der Waals surface area contributed by atoms with Crippen LogP contribution in [-0.4, -0.2) is 26.4 Å². The van der Waals surface area contributed by atoms with Crippen LogP contribution in [-0.2, 0) is 32.4 Å². The molecule has 1 aromatic heterocycles. The van der Waals surface area contributed by atoms with Crippen molar-refractivity contribution in [3.8, 4) is 17.1 Å². The minimum absolute atomic E-state index is 0.158. The number of benzene rings is 5. The highest BCUT2D eigenvalue weighted by atomic mass is 32.3. The van der Waals surface area contributed by atoms with E-state index in [4.69, 9.17) is 0 Å². The van der Waals surface area contributed by atoms with Crippen LogP contribution in [0.3, 0.4) is 0 Å². The average Bonchev–Trinajstić information content (AvgIpc) is 3.44. The van der Waals surface area contributed by atoms with E-state index in [2.05, 4.69) is 4.98 Å². The number of para-hydroxylation sites is 1. The zero-order valence-electron chi connectivity index (χ0n) is 24.2. The smallest absolute Gasteiger partial charge is 0.292 e. The second-order valence-electron chi connectivity index (χ2n) is 10.4. The van der Waals surface area contributed by atoms with Crippen molar-refractivity contribution >= 4 is 36.8 Å². The molecular formula is C33H21F6N3O4S2. The van der Waals surface area contributed by atoms with Gasteiger partial charge < -0.3 is 0 Å². The molecule has 7 nitrogen and oxygen atoms in total. The summed E-state index contributed by atoms with van der Waals surface area (Å²) in [6, 6.07) is 25.8. The van der Waals surface area contributed by atoms with Gasteiger partial charge in [0, 0.05) is 11.3 Å². The third-order valence-corrected chi connectivity index (χ3v) is 11.4. The number of anilines is 1. The number of rotatable bonds is 7. The van der Waals surface area contributed by atoms with Crippen LogP contribution in [0.1, 0.15) is 11.1 Å². The fraction of sp³-hybridized carbons (Fsp3) is 0.0606. The molecule has 0 aliphatic heterocycles. The van der Waals surface area contributed by atoms with Gasteiger partial charge in [-0.15, -0.1) is 0 Å². The van der Waals surface area contributed by atoms with Gasteiger partial charge in [-0.2, -0.15) is 30.1 Å². The summed E-state index contributed by atoms with van der Waals surface area (Å²) in [7, 11) is -10.9. The molecule has 0 radical (unpaired) electrons. The average molecular weight is 702 g/mol. The summed E-state index contributed by atoms with van der Waals surface area (Å²) in [5.41, 5.74) is -1.69. The van der Waals surface area contributed by atoms with Gasteiger partial charge in [0.2, 0.25) is 0 Å². The third-order valence-electron chi connectivity index (χ3n) is 7.25. The van der Waals surface area contributed by atoms with Crippen molar-refractivity contribution < 1.29 is 43.2 Å². The largest absolute Gasteiger partial charge is 0.416 e. The zero-order chi connectivity index (χ0) is 34.5. The molecule has 0 atom stereocenters. The quantitative estimate of drug-likeness (QED) is 0.156. The second kappa shape index (κ2) is 11.8. The fourth-order valence-corrected chi connectivity index (χ4v) is 8.83. The molecule has 0 unspecified atom stereocenters. The highest BCUT2D eigenvalue weighted by molar-refractivity contribution is 8.10. The van der Waals surface area contributed by atoms with Gasteiger partial charge in [0.25, 0.3) is 20.0 Å². The lowest BCUT2D eigenvalue weighted by atomic mass is 10.2. The monoisotopic (exact) mass is 701 g/mol. The summed E-state index contributed by atoms with van der Waals surface area (Å²) >= 11 is 0. The standard InChI is InChI=1S/C33H21F6N3O4S2/c34-32(35,36)23-11-7-15-27(19-23)47(43,44)42(48(45,46)28-16-8-12-24(20-28)33(37,38)39)26-17-18-29-30(21-26)41(25-13-5-2-6-14-25)31(40-29)22-9-3-1-4-10-22/h1-21H. The van der Waals surface area contributed by atoms with E-state index in [1.54, 1.807) is 65.2 Å². The van der Waals surface area contributed by atoms with Crippen molar-refractivity contribution in [2.45, 2.75) is 22.1 Å². The molecule has 0 amide bonds. The molecule has 5 aromatic carbocycles. The van der Waals surface area contributed by atoms with Gasteiger partial charge in [-0.25, -0.2) is 21.8 Å². The first-order chi connectivity index (χ1) is 22.6. The van der Waals surface area contributed by atoms with Crippen LogP contribution in [0.25, 0.3) is 28.1 Å². The Morgan fingerprint density at radius 2 is 1.06 bits per heavy atom. The van der Waals surface area contributed by atoms with Crippen LogP contribution in [0.2, 0.25) is 0 Å². The number of hydrogen-bond donors (Lipinski definition) is 0. The van der Waals surface area contributed by atoms with Gasteiger partial charge in [0.05, 0.1) is 37.6 Å². The summed E-state index contributed by atoms with van der Waals surface area (Å²) < 4.78 is 140. The van der Waals surface area contributed by atoms with Gasteiger partial charge in [-0.1, -0.05) is 60.7 Å². The first-order valence-electron chi connectivity index (χ1n) is 13.9. The normalized spacial score (nSPS) is 12.7. The second-order valence-corrected chi connectivity index (χ2v) is 14.2. The molecule has 0 aliphatic rings. The van der Waals surface area contributed by atoms with Gasteiger partial charge in [0.15, 0.2) is 0 Å². The molecule has 246 valence electrons. The Balaban J connectivity index is 1.65. The Hall–Kier alpha value is -5.15. The summed E-state index contributed by atoms with van der Waals surface area (Å²) in [6.45, 7) is 0. The van der Waals surface area contributed by atoms with Gasteiger partial charge in [0.1, 0.15) is 5.82 Å². The van der Waals surface area contributed by atoms with E-state index in [9.17, 15) is 43.2 Å². The van der Waals surface area contributed by atoms with Gasteiger partial charge >= 0.3 is 12.4 Å². The molecule has 0 N–H and O–H groups in total. The molecule has 6 rings (SSSR count). The predicted molar refractivity (Wildman–Crippen MR) is 166 cm³/mol. The van der Waals surface area contributed by atoms with E-state index in [0.717, 1.165) is 36.4 Å². The molecule has 6 aromatic rings. The zero-order valence-corrected chi connectivity index (χ0v) is 25.8. The molecule has 1 heterocycles. The number of aromatic nitrogens is 2. The molecule has 0 bridgehead atoms. The molecule has 0 spiro atoms. The highest BCUT2D eigenvalue weighted by Crippen LogP contribution is 2.38. The van der Waals surface area contributed by atoms with Crippen LogP contribution in [0.4, 0.5) is 32.0 Å². The van der Waals surface area contributed by atoms with Crippen molar-refractivity contribution in [1.82, 2.24) is 9.55 Å². The molecule has 0 saturated carbocycles. The SMILES string of the molecule is O=S(=O)(c1cccc(C(F)(F)F)c1)N(c1ccc2nc(-c3ccccc3)n(-c3ccccc3)c2c1)S(=O)(=O)c1cccc(C(F)(F)F)c1. The van der Waals surface area contributed by atoms with Crippen molar-refractivity contribution in [1.29, 1.82) is 0 Å². The molecule has 48 heavy (non-hydrogen) atoms. The van der Waals surface area contributed by atoms with Crippen LogP contribution in [0.5, 0.6) is 0 Å². The first-order valence-corrected chi connectivity index (χ1v) is 16.7. The maximum absolute atomic E-state index is 14.2. The maximum atomic E-state index is 14.2. The summed E-state index contributed by atoms with van der Waals surface area (Å²) in [5.74, 6) is 0.391. The van der Waals surface area contributed by atoms with E-state index < -0.39 is 59.0 Å². The number of halogens is 6. The highest BCUT2D eigenvalue weighted by Gasteiger charge is 2.40. The van der Waals surface area contributed by atoms with Crippen molar-refractivity contribution in [2.75, 3.05) is 3.71 Å². The molecular weight excluding hydrogens is 681 g/mol. The minimum Gasteiger partial charge on any atom is -0.292 e. The Labute approximate surface area is 270 Å². The van der Waals surface area contributed by atoms with E-state index in [0.29, 0.717) is 29.2 Å². The van der Waals surface area contributed by atoms with Crippen molar-refractivity contribution in [3.63, 3.8) is 0 Å². The van der Waals surface area contributed by atoms with Crippen LogP contribution >= 0.6 is 0 Å². The number of fused-ring (bicyclic) bond motifs is 1. The van der Waals surface area contributed by atoms with Crippen molar-refractivity contribution in [3.05, 3.63) is 139 Å². The van der Waals surface area contributed by atoms with Gasteiger partial charge in [-0.3, -0.25) is 4.57 Å². The summed E-state index contributed by atoms with van der Waals surface area (Å²) in [5, 5.41) is 0. The third kappa shape index (κ3) is 6.02. The molecule has 15 heteroatoms. The predicted octanol–water partition coefficient (Wildman–Crippen LogP) is 8.31. The fourth-order valence-electron chi connectivity index (χ4n) is 5.06. The molecule has 0 saturated heterocycles. The Morgan fingerprint density at radius 3 is 1.56 bits per heavy atom. The topological polar surface area (TPSA) is 89.3 Å². The maximum Gasteiger partial charge on any atom is 0.416 e. The summed E-state index contributed by atoms with van der Waals surface area (Å²) in [4.78, 5) is 2.55. The Kier molecular flexibility index (Phi) is 8.07. The lowest BCUT2D eigenvalue weighted by Gasteiger charge is -2.25. The minimum atomic E-state index is -5.45. The number of nitrogens with zero attached hydrogens (tertiary/aromatic N) is 3. The first kappa shape index (κ1) is 32.8. The lowest BCUT2D eigenvalue weighted by Crippen LogP contribution is -2.37. The van der Waals surface area contributed by atoms with Gasteiger partial charge in [-0.05, 0) is 66.7 Å².